The highest BCUT2D eigenvalue weighted by Crippen LogP contribution is 2.38. The van der Waals surface area contributed by atoms with E-state index in [2.05, 4.69) is 0 Å². The van der Waals surface area contributed by atoms with Gasteiger partial charge in [-0.05, 0) is 17.7 Å². The molecule has 2 amide bonds. The molecule has 6 heteroatoms. The van der Waals surface area contributed by atoms with Gasteiger partial charge in [0.25, 0.3) is 0 Å². The maximum atomic E-state index is 13.1. The van der Waals surface area contributed by atoms with E-state index in [0.717, 1.165) is 30.2 Å². The summed E-state index contributed by atoms with van der Waals surface area (Å²) >= 11 is 1.85. The number of carbonyl (C=O) groups is 2. The molecule has 0 N–H and O–H groups in total. The van der Waals surface area contributed by atoms with E-state index in [0.29, 0.717) is 0 Å². The summed E-state index contributed by atoms with van der Waals surface area (Å²) in [6.07, 6.45) is 0.237. The van der Waals surface area contributed by atoms with Crippen LogP contribution in [0, 0.1) is 11.7 Å². The van der Waals surface area contributed by atoms with E-state index in [1.807, 2.05) is 16.7 Å². The molecule has 2 aliphatic heterocycles. The number of amides is 2. The predicted molar refractivity (Wildman–Crippen MR) is 83.9 cm³/mol. The molecule has 2 heterocycles. The van der Waals surface area contributed by atoms with Crippen LogP contribution in [-0.4, -0.2) is 53.3 Å². The van der Waals surface area contributed by atoms with Gasteiger partial charge in [-0.1, -0.05) is 12.1 Å². The number of halogens is 1. The molecule has 2 saturated heterocycles. The second-order valence-corrected chi connectivity index (χ2v) is 6.97. The Hall–Kier alpha value is -1.56. The fraction of sp³-hybridized carbons (Fsp3) is 0.500. The Labute approximate surface area is 133 Å². The molecule has 2 aliphatic rings. The molecule has 118 valence electrons. The molecular formula is C16H19FN2O2S. The molecule has 0 radical (unpaired) electrons. The van der Waals surface area contributed by atoms with Crippen molar-refractivity contribution in [2.45, 2.75) is 12.5 Å². The van der Waals surface area contributed by atoms with Crippen LogP contribution in [0.3, 0.4) is 0 Å². The van der Waals surface area contributed by atoms with Gasteiger partial charge in [-0.3, -0.25) is 9.59 Å². The summed E-state index contributed by atoms with van der Waals surface area (Å²) in [5.41, 5.74) is 0.819. The van der Waals surface area contributed by atoms with Crippen molar-refractivity contribution in [1.82, 2.24) is 9.80 Å². The van der Waals surface area contributed by atoms with Gasteiger partial charge in [-0.2, -0.15) is 11.8 Å². The van der Waals surface area contributed by atoms with E-state index in [1.165, 1.54) is 12.1 Å². The first kappa shape index (κ1) is 15.3. The van der Waals surface area contributed by atoms with Crippen molar-refractivity contribution in [3.8, 4) is 0 Å². The van der Waals surface area contributed by atoms with Crippen LogP contribution in [0.1, 0.15) is 18.0 Å². The van der Waals surface area contributed by atoms with Crippen LogP contribution in [0.25, 0.3) is 0 Å². The zero-order valence-corrected chi connectivity index (χ0v) is 13.3. The van der Waals surface area contributed by atoms with Crippen LogP contribution >= 0.6 is 11.8 Å². The molecule has 3 rings (SSSR count). The Morgan fingerprint density at radius 1 is 1.23 bits per heavy atom. The zero-order valence-electron chi connectivity index (χ0n) is 12.5. The SMILES string of the molecule is CN1C(=O)C[C@H](C(=O)N2CCSCC2)[C@@H]1c1ccc(F)cc1. The van der Waals surface area contributed by atoms with Crippen LogP contribution in [0.4, 0.5) is 4.39 Å². The topological polar surface area (TPSA) is 40.6 Å². The average molecular weight is 322 g/mol. The lowest BCUT2D eigenvalue weighted by atomic mass is 9.92. The van der Waals surface area contributed by atoms with Gasteiger partial charge < -0.3 is 9.80 Å². The second kappa shape index (κ2) is 6.28. The lowest BCUT2D eigenvalue weighted by molar-refractivity contribution is -0.136. The van der Waals surface area contributed by atoms with E-state index in [1.54, 1.807) is 24.1 Å². The van der Waals surface area contributed by atoms with Crippen LogP contribution in [0.2, 0.25) is 0 Å². The normalized spacial score (nSPS) is 25.6. The van der Waals surface area contributed by atoms with E-state index in [-0.39, 0.29) is 36.0 Å². The number of hydrogen-bond donors (Lipinski definition) is 0. The lowest BCUT2D eigenvalue weighted by Gasteiger charge is -2.32. The predicted octanol–water partition coefficient (Wildman–Crippen LogP) is 1.92. The maximum Gasteiger partial charge on any atom is 0.228 e. The van der Waals surface area contributed by atoms with E-state index >= 15 is 0 Å². The quantitative estimate of drug-likeness (QED) is 0.835. The number of benzene rings is 1. The fourth-order valence-electron chi connectivity index (χ4n) is 3.23. The van der Waals surface area contributed by atoms with Gasteiger partial charge in [0, 0.05) is 38.1 Å². The number of rotatable bonds is 2. The van der Waals surface area contributed by atoms with Gasteiger partial charge in [0.15, 0.2) is 0 Å². The summed E-state index contributed by atoms with van der Waals surface area (Å²) in [4.78, 5) is 28.4. The molecule has 0 aliphatic carbocycles. The highest BCUT2D eigenvalue weighted by molar-refractivity contribution is 7.99. The van der Waals surface area contributed by atoms with Crippen LogP contribution in [0.15, 0.2) is 24.3 Å². The minimum absolute atomic E-state index is 0.0286. The van der Waals surface area contributed by atoms with Crippen LogP contribution in [0.5, 0.6) is 0 Å². The fourth-order valence-corrected chi connectivity index (χ4v) is 4.13. The first-order valence-corrected chi connectivity index (χ1v) is 8.61. The average Bonchev–Trinajstić information content (AvgIpc) is 2.84. The number of likely N-dealkylation sites (tertiary alicyclic amines) is 1. The van der Waals surface area contributed by atoms with E-state index < -0.39 is 0 Å². The first-order chi connectivity index (χ1) is 10.6. The molecule has 22 heavy (non-hydrogen) atoms. The molecule has 0 bridgehead atoms. The molecule has 1 aromatic rings. The number of nitrogens with zero attached hydrogens (tertiary/aromatic N) is 2. The Kier molecular flexibility index (Phi) is 4.38. The molecule has 0 unspecified atom stereocenters. The summed E-state index contributed by atoms with van der Waals surface area (Å²) < 4.78 is 13.1. The van der Waals surface area contributed by atoms with Crippen molar-refractivity contribution in [3.05, 3.63) is 35.6 Å². The molecule has 0 saturated carbocycles. The zero-order chi connectivity index (χ0) is 15.7. The van der Waals surface area contributed by atoms with Crippen molar-refractivity contribution in [3.63, 3.8) is 0 Å². The Balaban J connectivity index is 1.86. The van der Waals surface area contributed by atoms with Crippen molar-refractivity contribution in [2.75, 3.05) is 31.6 Å². The second-order valence-electron chi connectivity index (χ2n) is 5.75. The van der Waals surface area contributed by atoms with Gasteiger partial charge in [-0.25, -0.2) is 4.39 Å². The minimum atomic E-state index is -0.369. The van der Waals surface area contributed by atoms with E-state index in [9.17, 15) is 14.0 Å². The smallest absolute Gasteiger partial charge is 0.228 e. The van der Waals surface area contributed by atoms with Crippen molar-refractivity contribution >= 4 is 23.6 Å². The summed E-state index contributed by atoms with van der Waals surface area (Å²) in [6.45, 7) is 1.49. The van der Waals surface area contributed by atoms with E-state index in [4.69, 9.17) is 0 Å². The highest BCUT2D eigenvalue weighted by Gasteiger charge is 2.44. The molecule has 0 spiro atoms. The van der Waals surface area contributed by atoms with Crippen molar-refractivity contribution in [2.24, 2.45) is 5.92 Å². The van der Waals surface area contributed by atoms with Gasteiger partial charge in [0.2, 0.25) is 11.8 Å². The summed E-state index contributed by atoms with van der Waals surface area (Å²) in [5.74, 6) is 1.23. The third-order valence-corrected chi connectivity index (χ3v) is 5.38. The molecule has 2 atom stereocenters. The highest BCUT2D eigenvalue weighted by atomic mass is 32.2. The number of hydrogen-bond acceptors (Lipinski definition) is 3. The molecular weight excluding hydrogens is 303 g/mol. The Morgan fingerprint density at radius 2 is 1.86 bits per heavy atom. The molecule has 0 aromatic heterocycles. The standard InChI is InChI=1S/C16H19FN2O2S/c1-18-14(20)10-13(16(21)19-6-8-22-9-7-19)15(18)11-2-4-12(17)5-3-11/h2-5,13,15H,6-10H2,1H3/t13-,15-/m0/s1. The summed E-state index contributed by atoms with van der Waals surface area (Å²) in [6, 6.07) is 5.80. The van der Waals surface area contributed by atoms with Crippen LogP contribution < -0.4 is 0 Å². The lowest BCUT2D eigenvalue weighted by Crippen LogP contribution is -2.42. The third-order valence-electron chi connectivity index (χ3n) is 4.44. The van der Waals surface area contributed by atoms with Gasteiger partial charge in [-0.15, -0.1) is 0 Å². The number of carbonyl (C=O) groups excluding carboxylic acids is 2. The maximum absolute atomic E-state index is 13.1. The van der Waals surface area contributed by atoms with Gasteiger partial charge in [0.05, 0.1) is 12.0 Å². The third kappa shape index (κ3) is 2.84. The van der Waals surface area contributed by atoms with Crippen molar-refractivity contribution < 1.29 is 14.0 Å². The van der Waals surface area contributed by atoms with Crippen molar-refractivity contribution in [1.29, 1.82) is 0 Å². The molecule has 4 nitrogen and oxygen atoms in total. The van der Waals surface area contributed by atoms with Crippen LogP contribution in [-0.2, 0) is 9.59 Å². The molecule has 1 aromatic carbocycles. The van der Waals surface area contributed by atoms with Gasteiger partial charge in [0.1, 0.15) is 5.82 Å². The number of thioether (sulfide) groups is 1. The van der Waals surface area contributed by atoms with Gasteiger partial charge >= 0.3 is 0 Å². The molecule has 2 fully saturated rings. The summed E-state index contributed by atoms with van der Waals surface area (Å²) in [7, 11) is 1.72. The minimum Gasteiger partial charge on any atom is -0.341 e. The Bertz CT molecular complexity index is 572. The first-order valence-electron chi connectivity index (χ1n) is 7.45. The summed E-state index contributed by atoms with van der Waals surface area (Å²) in [5, 5.41) is 0. The Morgan fingerprint density at radius 3 is 2.50 bits per heavy atom. The largest absolute Gasteiger partial charge is 0.341 e. The monoisotopic (exact) mass is 322 g/mol.